The number of carbonyl (C=O) groups excluding carboxylic acids is 2. The summed E-state index contributed by atoms with van der Waals surface area (Å²) >= 11 is 0. The highest BCUT2D eigenvalue weighted by Crippen LogP contribution is 2.33. The Morgan fingerprint density at radius 2 is 2.09 bits per heavy atom. The van der Waals surface area contributed by atoms with Crippen molar-refractivity contribution in [3.05, 3.63) is 29.3 Å². The number of rotatable bonds is 5. The van der Waals surface area contributed by atoms with Crippen molar-refractivity contribution >= 4 is 17.5 Å². The number of carbonyl (C=O) groups is 2. The van der Waals surface area contributed by atoms with E-state index in [0.717, 1.165) is 44.3 Å². The van der Waals surface area contributed by atoms with E-state index in [0.29, 0.717) is 18.9 Å². The molecule has 1 saturated carbocycles. The van der Waals surface area contributed by atoms with Gasteiger partial charge < -0.3 is 10.2 Å². The number of hydrogen-bond acceptors (Lipinski definition) is 2. The summed E-state index contributed by atoms with van der Waals surface area (Å²) in [5.41, 5.74) is 3.32. The summed E-state index contributed by atoms with van der Waals surface area (Å²) in [6.45, 7) is 3.59. The molecule has 4 nitrogen and oxygen atoms in total. The van der Waals surface area contributed by atoms with Crippen LogP contribution >= 0.6 is 0 Å². The van der Waals surface area contributed by atoms with Crippen molar-refractivity contribution in [2.45, 2.75) is 52.0 Å². The van der Waals surface area contributed by atoms with Gasteiger partial charge in [0.1, 0.15) is 0 Å². The molecule has 118 valence electrons. The SMILES string of the molecule is CCCCC(=O)Nc1ccc2c(c1)CN(C(=O)C1CC1)CC2. The van der Waals surface area contributed by atoms with Crippen LogP contribution in [0.4, 0.5) is 5.69 Å². The number of fused-ring (bicyclic) bond motifs is 1. The minimum atomic E-state index is 0.0727. The Balaban J connectivity index is 1.66. The maximum Gasteiger partial charge on any atom is 0.225 e. The Bertz CT molecular complexity index is 578. The molecule has 22 heavy (non-hydrogen) atoms. The molecule has 2 amide bonds. The maximum absolute atomic E-state index is 12.2. The van der Waals surface area contributed by atoms with Crippen LogP contribution in [0.3, 0.4) is 0 Å². The fourth-order valence-electron chi connectivity index (χ4n) is 2.97. The van der Waals surface area contributed by atoms with Crippen LogP contribution in [0.1, 0.15) is 50.2 Å². The zero-order chi connectivity index (χ0) is 15.5. The summed E-state index contributed by atoms with van der Waals surface area (Å²) in [4.78, 5) is 26.0. The van der Waals surface area contributed by atoms with E-state index in [-0.39, 0.29) is 11.8 Å². The summed E-state index contributed by atoms with van der Waals surface area (Å²) in [6.07, 6.45) is 5.53. The Labute approximate surface area is 131 Å². The lowest BCUT2D eigenvalue weighted by Gasteiger charge is -2.29. The molecule has 1 aromatic rings. The fraction of sp³-hybridized carbons (Fsp3) is 0.556. The smallest absolute Gasteiger partial charge is 0.225 e. The molecule has 0 spiro atoms. The van der Waals surface area contributed by atoms with E-state index in [2.05, 4.69) is 18.3 Å². The normalized spacial score (nSPS) is 17.0. The van der Waals surface area contributed by atoms with Crippen molar-refractivity contribution < 1.29 is 9.59 Å². The van der Waals surface area contributed by atoms with E-state index >= 15 is 0 Å². The number of benzene rings is 1. The highest BCUT2D eigenvalue weighted by molar-refractivity contribution is 5.90. The van der Waals surface area contributed by atoms with Crippen LogP contribution in [-0.4, -0.2) is 23.3 Å². The second kappa shape index (κ2) is 6.51. The zero-order valence-electron chi connectivity index (χ0n) is 13.2. The Morgan fingerprint density at radius 3 is 2.82 bits per heavy atom. The monoisotopic (exact) mass is 300 g/mol. The number of anilines is 1. The highest BCUT2D eigenvalue weighted by Gasteiger charge is 2.34. The summed E-state index contributed by atoms with van der Waals surface area (Å²) in [5, 5.41) is 2.96. The molecule has 0 aromatic heterocycles. The van der Waals surface area contributed by atoms with Crippen LogP contribution in [0.2, 0.25) is 0 Å². The summed E-state index contributed by atoms with van der Waals surface area (Å²) in [6, 6.07) is 6.09. The van der Waals surface area contributed by atoms with Gasteiger partial charge in [0.15, 0.2) is 0 Å². The first-order chi connectivity index (χ1) is 10.7. The molecule has 1 heterocycles. The van der Waals surface area contributed by atoms with Gasteiger partial charge in [0.2, 0.25) is 11.8 Å². The standard InChI is InChI=1S/C18H24N2O2/c1-2-3-4-17(21)19-16-8-7-13-9-10-20(12-15(13)11-16)18(22)14-5-6-14/h7-8,11,14H,2-6,9-10,12H2,1H3,(H,19,21). The summed E-state index contributed by atoms with van der Waals surface area (Å²) < 4.78 is 0. The van der Waals surface area contributed by atoms with Gasteiger partial charge in [0, 0.05) is 31.1 Å². The molecule has 0 bridgehead atoms. The van der Waals surface area contributed by atoms with E-state index in [9.17, 15) is 9.59 Å². The first kappa shape index (κ1) is 15.1. The minimum absolute atomic E-state index is 0.0727. The van der Waals surface area contributed by atoms with Gasteiger partial charge in [0.25, 0.3) is 0 Å². The third-order valence-electron chi connectivity index (χ3n) is 4.50. The Morgan fingerprint density at radius 1 is 1.27 bits per heavy atom. The number of unbranched alkanes of at least 4 members (excludes halogenated alkanes) is 1. The highest BCUT2D eigenvalue weighted by atomic mass is 16.2. The van der Waals surface area contributed by atoms with E-state index in [1.807, 2.05) is 17.0 Å². The Hall–Kier alpha value is -1.84. The first-order valence-corrected chi connectivity index (χ1v) is 8.38. The average Bonchev–Trinajstić information content (AvgIpc) is 3.36. The van der Waals surface area contributed by atoms with Gasteiger partial charge in [-0.1, -0.05) is 19.4 Å². The van der Waals surface area contributed by atoms with Gasteiger partial charge in [-0.2, -0.15) is 0 Å². The van der Waals surface area contributed by atoms with E-state index < -0.39 is 0 Å². The minimum Gasteiger partial charge on any atom is -0.338 e. The molecule has 1 aliphatic heterocycles. The van der Waals surface area contributed by atoms with E-state index in [1.165, 1.54) is 11.1 Å². The topological polar surface area (TPSA) is 49.4 Å². The Kier molecular flexibility index (Phi) is 4.46. The quantitative estimate of drug-likeness (QED) is 0.908. The molecule has 1 fully saturated rings. The van der Waals surface area contributed by atoms with Gasteiger partial charge in [-0.05, 0) is 48.9 Å². The molecule has 0 unspecified atom stereocenters. The lowest BCUT2D eigenvalue weighted by molar-refractivity contribution is -0.133. The van der Waals surface area contributed by atoms with Crippen LogP contribution in [0.25, 0.3) is 0 Å². The summed E-state index contributed by atoms with van der Waals surface area (Å²) in [5.74, 6) is 0.657. The number of nitrogens with zero attached hydrogens (tertiary/aromatic N) is 1. The molecule has 2 aliphatic rings. The van der Waals surface area contributed by atoms with Gasteiger partial charge in [-0.25, -0.2) is 0 Å². The lowest BCUT2D eigenvalue weighted by atomic mass is 9.98. The van der Waals surface area contributed by atoms with E-state index in [1.54, 1.807) is 0 Å². The van der Waals surface area contributed by atoms with Crippen molar-refractivity contribution in [2.75, 3.05) is 11.9 Å². The van der Waals surface area contributed by atoms with Crippen molar-refractivity contribution in [1.82, 2.24) is 4.90 Å². The number of nitrogens with one attached hydrogen (secondary N) is 1. The largest absolute Gasteiger partial charge is 0.338 e. The molecule has 0 radical (unpaired) electrons. The molecule has 1 aliphatic carbocycles. The van der Waals surface area contributed by atoms with Crippen molar-refractivity contribution in [3.63, 3.8) is 0 Å². The van der Waals surface area contributed by atoms with Gasteiger partial charge in [-0.15, -0.1) is 0 Å². The van der Waals surface area contributed by atoms with Gasteiger partial charge in [-0.3, -0.25) is 9.59 Å². The van der Waals surface area contributed by atoms with Crippen molar-refractivity contribution in [3.8, 4) is 0 Å². The maximum atomic E-state index is 12.2. The molecular formula is C18H24N2O2. The average molecular weight is 300 g/mol. The second-order valence-electron chi connectivity index (χ2n) is 6.42. The van der Waals surface area contributed by atoms with E-state index in [4.69, 9.17) is 0 Å². The predicted molar refractivity (Wildman–Crippen MR) is 86.4 cm³/mol. The molecule has 4 heteroatoms. The van der Waals surface area contributed by atoms with Crippen LogP contribution < -0.4 is 5.32 Å². The fourth-order valence-corrected chi connectivity index (χ4v) is 2.97. The molecule has 1 aromatic carbocycles. The predicted octanol–water partition coefficient (Wildman–Crippen LogP) is 3.11. The molecular weight excluding hydrogens is 276 g/mol. The van der Waals surface area contributed by atoms with Crippen LogP contribution in [0.5, 0.6) is 0 Å². The molecule has 3 rings (SSSR count). The molecule has 0 atom stereocenters. The zero-order valence-corrected chi connectivity index (χ0v) is 13.2. The third kappa shape index (κ3) is 3.49. The third-order valence-corrected chi connectivity index (χ3v) is 4.50. The van der Waals surface area contributed by atoms with Gasteiger partial charge in [0.05, 0.1) is 0 Å². The lowest BCUT2D eigenvalue weighted by Crippen LogP contribution is -2.36. The summed E-state index contributed by atoms with van der Waals surface area (Å²) in [7, 11) is 0. The number of amides is 2. The van der Waals surface area contributed by atoms with Crippen molar-refractivity contribution in [1.29, 1.82) is 0 Å². The van der Waals surface area contributed by atoms with Crippen LogP contribution in [0.15, 0.2) is 18.2 Å². The second-order valence-corrected chi connectivity index (χ2v) is 6.42. The number of hydrogen-bond donors (Lipinski definition) is 1. The van der Waals surface area contributed by atoms with Crippen LogP contribution in [-0.2, 0) is 22.6 Å². The molecule has 1 N–H and O–H groups in total. The van der Waals surface area contributed by atoms with Crippen molar-refractivity contribution in [2.24, 2.45) is 5.92 Å². The first-order valence-electron chi connectivity index (χ1n) is 8.38. The molecule has 0 saturated heterocycles. The van der Waals surface area contributed by atoms with Crippen LogP contribution in [0, 0.1) is 5.92 Å². The van der Waals surface area contributed by atoms with Gasteiger partial charge >= 0.3 is 0 Å².